The van der Waals surface area contributed by atoms with E-state index in [1.807, 2.05) is 0 Å². The van der Waals surface area contributed by atoms with Gasteiger partial charge in [-0.25, -0.2) is 0 Å². The molecule has 2 aromatic rings. The standard InChI is InChI=1S/C8H9N5O3S2/c9-8-12-11-7(17-8)6-1-2-13(10-5-6)3-4-18(14,15)16/h1-2,5,9H,3-4H2,(H,14,15,16)/p+1. The number of hydrogen-bond donors (Lipinski definition) is 2. The number of nitrogen functional groups attached to an aromatic ring is 1. The van der Waals surface area contributed by atoms with Crippen LogP contribution in [-0.4, -0.2) is 34.0 Å². The lowest BCUT2D eigenvalue weighted by Crippen LogP contribution is -2.40. The topological polar surface area (TPSA) is 123 Å². The highest BCUT2D eigenvalue weighted by Crippen LogP contribution is 2.22. The Bertz CT molecular complexity index is 637. The van der Waals surface area contributed by atoms with Crippen molar-refractivity contribution >= 4 is 26.6 Å². The summed E-state index contributed by atoms with van der Waals surface area (Å²) in [7, 11) is -3.98. The SMILES string of the molecule is Nc1nnc(-c2cc[n+](CCS(=O)(=O)O)nc2)s1. The van der Waals surface area contributed by atoms with Gasteiger partial charge in [-0.3, -0.25) is 4.55 Å². The molecule has 10 heteroatoms. The quantitative estimate of drug-likeness (QED) is 0.566. The molecule has 2 heterocycles. The molecule has 2 aromatic heterocycles. The summed E-state index contributed by atoms with van der Waals surface area (Å²) in [4.78, 5) is 0. The highest BCUT2D eigenvalue weighted by atomic mass is 32.2. The van der Waals surface area contributed by atoms with E-state index in [-0.39, 0.29) is 12.3 Å². The van der Waals surface area contributed by atoms with Crippen molar-refractivity contribution in [3.63, 3.8) is 0 Å². The van der Waals surface area contributed by atoms with E-state index in [1.54, 1.807) is 12.3 Å². The molecule has 2 rings (SSSR count). The lowest BCUT2D eigenvalue weighted by molar-refractivity contribution is -0.750. The van der Waals surface area contributed by atoms with Gasteiger partial charge in [-0.05, 0) is 5.10 Å². The Kier molecular flexibility index (Phi) is 3.50. The minimum Gasteiger partial charge on any atom is -0.374 e. The molecule has 0 amide bonds. The molecular formula is C8H10N5O3S2+. The summed E-state index contributed by atoms with van der Waals surface area (Å²) in [5.41, 5.74) is 6.21. The molecule has 0 spiro atoms. The van der Waals surface area contributed by atoms with Crippen LogP contribution >= 0.6 is 11.3 Å². The summed E-state index contributed by atoms with van der Waals surface area (Å²) >= 11 is 1.23. The summed E-state index contributed by atoms with van der Waals surface area (Å²) < 4.78 is 31.2. The first-order chi connectivity index (χ1) is 8.44. The maximum Gasteiger partial charge on any atom is 0.271 e. The Morgan fingerprint density at radius 1 is 1.44 bits per heavy atom. The van der Waals surface area contributed by atoms with E-state index in [1.165, 1.54) is 22.2 Å². The maximum absolute atomic E-state index is 10.6. The molecule has 8 nitrogen and oxygen atoms in total. The van der Waals surface area contributed by atoms with Gasteiger partial charge in [0.05, 0.1) is 0 Å². The molecule has 0 fully saturated rings. The molecule has 0 atom stereocenters. The molecule has 0 radical (unpaired) electrons. The number of nitrogens with zero attached hydrogens (tertiary/aromatic N) is 4. The van der Waals surface area contributed by atoms with Crippen LogP contribution < -0.4 is 10.4 Å². The zero-order valence-electron chi connectivity index (χ0n) is 9.09. The first-order valence-electron chi connectivity index (χ1n) is 4.84. The van der Waals surface area contributed by atoms with Gasteiger partial charge in [-0.2, -0.15) is 8.42 Å². The zero-order valence-corrected chi connectivity index (χ0v) is 10.7. The fourth-order valence-corrected chi connectivity index (χ4v) is 2.22. The van der Waals surface area contributed by atoms with Gasteiger partial charge in [-0.1, -0.05) is 16.0 Å². The summed E-state index contributed by atoms with van der Waals surface area (Å²) in [5, 5.41) is 12.6. The first-order valence-corrected chi connectivity index (χ1v) is 7.27. The van der Waals surface area contributed by atoms with Gasteiger partial charge in [0.15, 0.2) is 17.7 Å². The third-order valence-electron chi connectivity index (χ3n) is 2.04. The lowest BCUT2D eigenvalue weighted by Gasteiger charge is -1.94. The third kappa shape index (κ3) is 3.42. The van der Waals surface area contributed by atoms with Crippen molar-refractivity contribution in [2.75, 3.05) is 11.5 Å². The summed E-state index contributed by atoms with van der Waals surface area (Å²) in [6.45, 7) is 0.0807. The van der Waals surface area contributed by atoms with Crippen molar-refractivity contribution in [2.45, 2.75) is 6.54 Å². The van der Waals surface area contributed by atoms with Crippen molar-refractivity contribution < 1.29 is 17.7 Å². The van der Waals surface area contributed by atoms with Crippen LogP contribution in [-0.2, 0) is 16.7 Å². The predicted molar refractivity (Wildman–Crippen MR) is 64.2 cm³/mol. The van der Waals surface area contributed by atoms with Crippen LogP contribution in [0, 0.1) is 0 Å². The van der Waals surface area contributed by atoms with Crippen LogP contribution in [0.3, 0.4) is 0 Å². The zero-order chi connectivity index (χ0) is 13.2. The molecule has 0 bridgehead atoms. The van der Waals surface area contributed by atoms with Crippen LogP contribution in [0.25, 0.3) is 10.6 Å². The molecule has 0 saturated heterocycles. The monoisotopic (exact) mass is 288 g/mol. The molecule has 3 N–H and O–H groups in total. The van der Waals surface area contributed by atoms with E-state index in [4.69, 9.17) is 10.3 Å². The van der Waals surface area contributed by atoms with Crippen LogP contribution in [0.4, 0.5) is 5.13 Å². The van der Waals surface area contributed by atoms with E-state index in [9.17, 15) is 8.42 Å². The maximum atomic E-state index is 10.6. The van der Waals surface area contributed by atoms with Gasteiger partial charge in [-0.15, -0.1) is 10.2 Å². The molecular weight excluding hydrogens is 278 g/mol. The van der Waals surface area contributed by atoms with Crippen LogP contribution in [0.15, 0.2) is 18.5 Å². The van der Waals surface area contributed by atoms with E-state index < -0.39 is 10.1 Å². The molecule has 0 saturated carbocycles. The summed E-state index contributed by atoms with van der Waals surface area (Å²) in [5.74, 6) is -0.379. The molecule has 0 aromatic carbocycles. The lowest BCUT2D eigenvalue weighted by atomic mass is 10.3. The van der Waals surface area contributed by atoms with Crippen molar-refractivity contribution in [3.05, 3.63) is 18.5 Å². The normalized spacial score (nSPS) is 11.6. The minimum atomic E-state index is -3.98. The molecule has 0 aliphatic carbocycles. The largest absolute Gasteiger partial charge is 0.374 e. The Labute approximate surface area is 107 Å². The molecule has 0 aliphatic rings. The van der Waals surface area contributed by atoms with Crippen molar-refractivity contribution in [1.29, 1.82) is 0 Å². The Hall–Kier alpha value is -1.65. The predicted octanol–water partition coefficient (Wildman–Crippen LogP) is -0.642. The van der Waals surface area contributed by atoms with Crippen molar-refractivity contribution in [1.82, 2.24) is 15.3 Å². The second-order valence-corrected chi connectivity index (χ2v) is 5.99. The first kappa shape index (κ1) is 12.8. The second kappa shape index (κ2) is 4.92. The van der Waals surface area contributed by atoms with Crippen LogP contribution in [0.2, 0.25) is 0 Å². The van der Waals surface area contributed by atoms with Crippen molar-refractivity contribution in [3.8, 4) is 10.6 Å². The number of rotatable bonds is 4. The smallest absolute Gasteiger partial charge is 0.271 e. The molecule has 0 aliphatic heterocycles. The number of nitrogens with two attached hydrogens (primary N) is 1. The van der Waals surface area contributed by atoms with Gasteiger partial charge >= 0.3 is 0 Å². The molecule has 0 unspecified atom stereocenters. The summed E-state index contributed by atoms with van der Waals surface area (Å²) in [6.07, 6.45) is 3.13. The van der Waals surface area contributed by atoms with Crippen LogP contribution in [0.5, 0.6) is 0 Å². The summed E-state index contributed by atoms with van der Waals surface area (Å²) in [6, 6.07) is 1.72. The molecule has 18 heavy (non-hydrogen) atoms. The van der Waals surface area contributed by atoms with Crippen LogP contribution in [0.1, 0.15) is 0 Å². The average molecular weight is 288 g/mol. The Balaban J connectivity index is 2.10. The second-order valence-electron chi connectivity index (χ2n) is 3.41. The van der Waals surface area contributed by atoms with E-state index in [0.717, 1.165) is 5.56 Å². The fraction of sp³-hybridized carbons (Fsp3) is 0.250. The van der Waals surface area contributed by atoms with E-state index in [0.29, 0.717) is 10.1 Å². The number of aromatic nitrogens is 4. The van der Waals surface area contributed by atoms with Crippen molar-refractivity contribution in [2.24, 2.45) is 0 Å². The Morgan fingerprint density at radius 3 is 2.72 bits per heavy atom. The fourth-order valence-electron chi connectivity index (χ4n) is 1.20. The minimum absolute atomic E-state index is 0.0807. The van der Waals surface area contributed by atoms with Gasteiger partial charge in [0.1, 0.15) is 11.9 Å². The van der Waals surface area contributed by atoms with E-state index in [2.05, 4.69) is 15.3 Å². The van der Waals surface area contributed by atoms with Gasteiger partial charge in [0, 0.05) is 11.6 Å². The highest BCUT2D eigenvalue weighted by Gasteiger charge is 2.12. The highest BCUT2D eigenvalue weighted by molar-refractivity contribution is 7.85. The number of aryl methyl sites for hydroxylation is 1. The Morgan fingerprint density at radius 2 is 2.22 bits per heavy atom. The number of hydrogen-bond acceptors (Lipinski definition) is 7. The molecule has 96 valence electrons. The van der Waals surface area contributed by atoms with Gasteiger partial charge in [0.25, 0.3) is 10.1 Å². The average Bonchev–Trinajstić information content (AvgIpc) is 2.73. The third-order valence-corrected chi connectivity index (χ3v) is 3.54. The van der Waals surface area contributed by atoms with Gasteiger partial charge in [0.2, 0.25) is 5.13 Å². The van der Waals surface area contributed by atoms with E-state index >= 15 is 0 Å². The number of anilines is 1. The van der Waals surface area contributed by atoms with Gasteiger partial charge < -0.3 is 5.73 Å².